The zero-order valence-electron chi connectivity index (χ0n) is 12.1. The minimum atomic E-state index is -3.56. The van der Waals surface area contributed by atoms with Crippen LogP contribution in [0.2, 0.25) is 0 Å². The molecule has 116 valence electrons. The van der Waals surface area contributed by atoms with E-state index in [2.05, 4.69) is 4.72 Å². The minimum Gasteiger partial charge on any atom is -0.481 e. The smallest absolute Gasteiger partial charge is 0.307 e. The number of carboxylic acids is 1. The van der Waals surface area contributed by atoms with E-state index in [0.717, 1.165) is 32.1 Å². The zero-order chi connectivity index (χ0) is 15.5. The van der Waals surface area contributed by atoms with E-state index in [1.165, 1.54) is 12.1 Å². The molecule has 1 aliphatic rings. The average molecular weight is 311 g/mol. The molecular formula is C15H21NO4S. The molecule has 1 saturated carbocycles. The predicted octanol–water partition coefficient (Wildman–Crippen LogP) is 2.31. The molecule has 5 nitrogen and oxygen atoms in total. The first-order chi connectivity index (χ1) is 9.81. The molecule has 1 aliphatic carbocycles. The fourth-order valence-electron chi connectivity index (χ4n) is 2.78. The van der Waals surface area contributed by atoms with Gasteiger partial charge in [-0.1, -0.05) is 31.4 Å². The van der Waals surface area contributed by atoms with Gasteiger partial charge in [0, 0.05) is 5.54 Å². The third kappa shape index (κ3) is 4.28. The van der Waals surface area contributed by atoms with E-state index < -0.39 is 16.0 Å². The Bertz CT molecular complexity index is 601. The largest absolute Gasteiger partial charge is 0.481 e. The van der Waals surface area contributed by atoms with Crippen LogP contribution in [0.15, 0.2) is 29.2 Å². The normalized spacial score (nSPS) is 18.3. The van der Waals surface area contributed by atoms with Crippen molar-refractivity contribution >= 4 is 16.0 Å². The number of carboxylic acid groups (broad SMARTS) is 1. The fraction of sp³-hybridized carbons (Fsp3) is 0.533. The first-order valence-corrected chi connectivity index (χ1v) is 8.64. The summed E-state index contributed by atoms with van der Waals surface area (Å²) in [6, 6.07) is 6.03. The molecule has 0 atom stereocenters. The van der Waals surface area contributed by atoms with Crippen LogP contribution in [0.5, 0.6) is 0 Å². The SMILES string of the molecule is CC1(NS(=O)(=O)c2ccc(CC(=O)O)cc2)CCCCC1. The molecule has 1 aromatic rings. The van der Waals surface area contributed by atoms with Gasteiger partial charge in [0.1, 0.15) is 0 Å². The molecule has 0 spiro atoms. The highest BCUT2D eigenvalue weighted by molar-refractivity contribution is 7.89. The predicted molar refractivity (Wildman–Crippen MR) is 79.6 cm³/mol. The Morgan fingerprint density at radius 2 is 1.76 bits per heavy atom. The number of hydrogen-bond acceptors (Lipinski definition) is 3. The van der Waals surface area contributed by atoms with Gasteiger partial charge < -0.3 is 5.11 Å². The number of sulfonamides is 1. The van der Waals surface area contributed by atoms with Crippen LogP contribution >= 0.6 is 0 Å². The summed E-state index contributed by atoms with van der Waals surface area (Å²) in [5, 5.41) is 8.72. The molecule has 1 fully saturated rings. The molecule has 2 rings (SSSR count). The van der Waals surface area contributed by atoms with E-state index in [1.54, 1.807) is 12.1 Å². The van der Waals surface area contributed by atoms with Crippen LogP contribution in [0.4, 0.5) is 0 Å². The van der Waals surface area contributed by atoms with Gasteiger partial charge in [0.2, 0.25) is 10.0 Å². The minimum absolute atomic E-state index is 0.106. The number of rotatable bonds is 5. The molecule has 0 amide bonds. The van der Waals surface area contributed by atoms with E-state index in [1.807, 2.05) is 6.92 Å². The monoisotopic (exact) mass is 311 g/mol. The molecule has 0 aliphatic heterocycles. The van der Waals surface area contributed by atoms with Crippen LogP contribution in [0.1, 0.15) is 44.6 Å². The third-order valence-corrected chi connectivity index (χ3v) is 5.58. The maximum Gasteiger partial charge on any atom is 0.307 e. The van der Waals surface area contributed by atoms with Gasteiger partial charge in [-0.3, -0.25) is 4.79 Å². The van der Waals surface area contributed by atoms with E-state index in [0.29, 0.717) is 5.56 Å². The summed E-state index contributed by atoms with van der Waals surface area (Å²) in [5.74, 6) is -0.932. The topological polar surface area (TPSA) is 83.5 Å². The average Bonchev–Trinajstić information content (AvgIpc) is 2.38. The standard InChI is InChI=1S/C15H21NO4S/c1-15(9-3-2-4-10-15)16-21(19,20)13-7-5-12(6-8-13)11-14(17)18/h5-8,16H,2-4,9-11H2,1H3,(H,17,18). The number of carbonyl (C=O) groups is 1. The number of hydrogen-bond donors (Lipinski definition) is 2. The molecule has 0 saturated heterocycles. The van der Waals surface area contributed by atoms with E-state index in [9.17, 15) is 13.2 Å². The van der Waals surface area contributed by atoms with Crippen molar-refractivity contribution in [3.8, 4) is 0 Å². The highest BCUT2D eigenvalue weighted by Gasteiger charge is 2.31. The highest BCUT2D eigenvalue weighted by Crippen LogP contribution is 2.29. The maximum atomic E-state index is 12.4. The van der Waals surface area contributed by atoms with Crippen LogP contribution in [-0.2, 0) is 21.2 Å². The van der Waals surface area contributed by atoms with Gasteiger partial charge >= 0.3 is 5.97 Å². The lowest BCUT2D eigenvalue weighted by molar-refractivity contribution is -0.136. The summed E-state index contributed by atoms with van der Waals surface area (Å²) >= 11 is 0. The summed E-state index contributed by atoms with van der Waals surface area (Å²) < 4.78 is 27.6. The lowest BCUT2D eigenvalue weighted by Gasteiger charge is -2.34. The Morgan fingerprint density at radius 1 is 1.19 bits per heavy atom. The molecule has 0 heterocycles. The Balaban J connectivity index is 2.13. The Hall–Kier alpha value is -1.40. The molecule has 0 radical (unpaired) electrons. The van der Waals surface area contributed by atoms with E-state index in [-0.39, 0.29) is 16.9 Å². The summed E-state index contributed by atoms with van der Waals surface area (Å²) in [4.78, 5) is 10.8. The van der Waals surface area contributed by atoms with Crippen molar-refractivity contribution in [2.24, 2.45) is 0 Å². The zero-order valence-corrected chi connectivity index (χ0v) is 12.9. The van der Waals surface area contributed by atoms with Crippen molar-refractivity contribution in [3.63, 3.8) is 0 Å². The number of aliphatic carboxylic acids is 1. The van der Waals surface area contributed by atoms with Crippen LogP contribution in [-0.4, -0.2) is 25.0 Å². The second kappa shape index (κ2) is 6.15. The van der Waals surface area contributed by atoms with Crippen molar-refractivity contribution in [2.45, 2.75) is 55.9 Å². The summed E-state index contributed by atoms with van der Waals surface area (Å²) in [6.07, 6.45) is 4.83. The van der Waals surface area contributed by atoms with Crippen LogP contribution < -0.4 is 4.72 Å². The van der Waals surface area contributed by atoms with Gasteiger partial charge in [0.15, 0.2) is 0 Å². The first kappa shape index (κ1) is 16.0. The van der Waals surface area contributed by atoms with Crippen molar-refractivity contribution in [1.29, 1.82) is 0 Å². The van der Waals surface area contributed by atoms with Gasteiger partial charge in [-0.15, -0.1) is 0 Å². The molecule has 21 heavy (non-hydrogen) atoms. The first-order valence-electron chi connectivity index (χ1n) is 7.15. The summed E-state index contributed by atoms with van der Waals surface area (Å²) in [6.45, 7) is 1.95. The highest BCUT2D eigenvalue weighted by atomic mass is 32.2. The van der Waals surface area contributed by atoms with Crippen molar-refractivity contribution < 1.29 is 18.3 Å². The van der Waals surface area contributed by atoms with Crippen molar-refractivity contribution in [2.75, 3.05) is 0 Å². The van der Waals surface area contributed by atoms with Crippen LogP contribution in [0, 0.1) is 0 Å². The maximum absolute atomic E-state index is 12.4. The molecule has 0 unspecified atom stereocenters. The fourth-order valence-corrected chi connectivity index (χ4v) is 4.24. The summed E-state index contributed by atoms with van der Waals surface area (Å²) in [7, 11) is -3.56. The third-order valence-electron chi connectivity index (χ3n) is 3.93. The van der Waals surface area contributed by atoms with Crippen molar-refractivity contribution in [3.05, 3.63) is 29.8 Å². The summed E-state index contributed by atoms with van der Waals surface area (Å²) in [5.41, 5.74) is 0.210. The Labute approximate surface area is 125 Å². The molecule has 6 heteroatoms. The molecule has 1 aromatic carbocycles. The lowest BCUT2D eigenvalue weighted by atomic mass is 9.84. The van der Waals surface area contributed by atoms with E-state index in [4.69, 9.17) is 5.11 Å². The van der Waals surface area contributed by atoms with Crippen molar-refractivity contribution in [1.82, 2.24) is 4.72 Å². The Kier molecular flexibility index (Phi) is 4.68. The molecule has 2 N–H and O–H groups in total. The second-order valence-electron chi connectivity index (χ2n) is 5.94. The van der Waals surface area contributed by atoms with Gasteiger partial charge in [-0.05, 0) is 37.5 Å². The van der Waals surface area contributed by atoms with Gasteiger partial charge in [-0.25, -0.2) is 13.1 Å². The van der Waals surface area contributed by atoms with Gasteiger partial charge in [0.05, 0.1) is 11.3 Å². The Morgan fingerprint density at radius 3 is 2.29 bits per heavy atom. The molecular weight excluding hydrogens is 290 g/mol. The number of nitrogens with one attached hydrogen (secondary N) is 1. The van der Waals surface area contributed by atoms with Crippen LogP contribution in [0.3, 0.4) is 0 Å². The van der Waals surface area contributed by atoms with Gasteiger partial charge in [-0.2, -0.15) is 0 Å². The van der Waals surface area contributed by atoms with E-state index >= 15 is 0 Å². The quantitative estimate of drug-likeness (QED) is 0.874. The lowest BCUT2D eigenvalue weighted by Crippen LogP contribution is -2.47. The number of benzene rings is 1. The molecule has 0 bridgehead atoms. The van der Waals surface area contributed by atoms with Crippen LogP contribution in [0.25, 0.3) is 0 Å². The second-order valence-corrected chi connectivity index (χ2v) is 7.62. The molecule has 0 aromatic heterocycles. The van der Waals surface area contributed by atoms with Gasteiger partial charge in [0.25, 0.3) is 0 Å².